The quantitative estimate of drug-likeness (QED) is 0.658. The van der Waals surface area contributed by atoms with Gasteiger partial charge in [0.1, 0.15) is 23.4 Å². The van der Waals surface area contributed by atoms with Gasteiger partial charge in [-0.05, 0) is 35.4 Å². The highest BCUT2D eigenvalue weighted by atomic mass is 16.5. The minimum absolute atomic E-state index is 0.280. The number of rotatable bonds is 7. The normalized spacial score (nSPS) is 12.0. The van der Waals surface area contributed by atoms with E-state index < -0.39 is 0 Å². The number of aryl methyl sites for hydroxylation is 1. The number of ether oxygens (including phenoxy) is 3. The predicted molar refractivity (Wildman–Crippen MR) is 95.8 cm³/mol. The zero-order valence-corrected chi connectivity index (χ0v) is 14.7. The first-order chi connectivity index (χ1) is 12.2. The van der Waals surface area contributed by atoms with Crippen LogP contribution < -0.4 is 9.47 Å². The van der Waals surface area contributed by atoms with Crippen molar-refractivity contribution < 1.29 is 14.2 Å². The predicted octanol–water partition coefficient (Wildman–Crippen LogP) is 3.74. The van der Waals surface area contributed by atoms with E-state index in [0.717, 1.165) is 28.5 Å². The summed E-state index contributed by atoms with van der Waals surface area (Å²) in [7, 11) is 5.28. The van der Waals surface area contributed by atoms with Crippen LogP contribution in [0.3, 0.4) is 0 Å². The van der Waals surface area contributed by atoms with Crippen LogP contribution >= 0.6 is 0 Å². The van der Waals surface area contributed by atoms with E-state index in [1.54, 1.807) is 20.4 Å². The van der Waals surface area contributed by atoms with Crippen LogP contribution in [0, 0.1) is 0 Å². The molecule has 1 heterocycles. The minimum Gasteiger partial charge on any atom is -0.497 e. The lowest BCUT2D eigenvalue weighted by molar-refractivity contribution is 0.0592. The van der Waals surface area contributed by atoms with Gasteiger partial charge in [0.25, 0.3) is 0 Å². The van der Waals surface area contributed by atoms with Crippen LogP contribution in [0.5, 0.6) is 11.5 Å². The fourth-order valence-corrected chi connectivity index (χ4v) is 2.66. The van der Waals surface area contributed by atoms with Gasteiger partial charge in [-0.2, -0.15) is 0 Å². The molecule has 0 aliphatic heterocycles. The van der Waals surface area contributed by atoms with Crippen molar-refractivity contribution in [2.75, 3.05) is 14.2 Å². The molecular formula is C20H22N2O3. The van der Waals surface area contributed by atoms with Crippen LogP contribution in [-0.2, 0) is 18.4 Å². The van der Waals surface area contributed by atoms with Crippen molar-refractivity contribution in [3.63, 3.8) is 0 Å². The summed E-state index contributed by atoms with van der Waals surface area (Å²) in [6.07, 6.45) is 3.41. The molecule has 5 nitrogen and oxygen atoms in total. The lowest BCUT2D eigenvalue weighted by Crippen LogP contribution is -2.12. The number of hydrogen-bond acceptors (Lipinski definition) is 4. The second-order valence-corrected chi connectivity index (χ2v) is 5.71. The second kappa shape index (κ2) is 7.85. The van der Waals surface area contributed by atoms with E-state index in [9.17, 15) is 0 Å². The van der Waals surface area contributed by atoms with Crippen LogP contribution in [0.4, 0.5) is 0 Å². The van der Waals surface area contributed by atoms with Gasteiger partial charge in [0.15, 0.2) is 0 Å². The highest BCUT2D eigenvalue weighted by molar-refractivity contribution is 5.33. The Kier molecular flexibility index (Phi) is 5.36. The zero-order valence-electron chi connectivity index (χ0n) is 14.7. The molecule has 0 saturated heterocycles. The molecule has 0 amide bonds. The Hall–Kier alpha value is -2.79. The summed E-state index contributed by atoms with van der Waals surface area (Å²) in [5, 5.41) is 0. The first-order valence-electron chi connectivity index (χ1n) is 8.07. The van der Waals surface area contributed by atoms with Crippen LogP contribution in [0.1, 0.15) is 23.1 Å². The average Bonchev–Trinajstić information content (AvgIpc) is 3.08. The number of imidazole rings is 1. The van der Waals surface area contributed by atoms with E-state index in [1.165, 1.54) is 0 Å². The molecule has 5 heteroatoms. The Morgan fingerprint density at radius 1 is 1.00 bits per heavy atom. The molecule has 0 spiro atoms. The largest absolute Gasteiger partial charge is 0.497 e. The van der Waals surface area contributed by atoms with Crippen LogP contribution in [0.15, 0.2) is 60.9 Å². The maximum absolute atomic E-state index is 6.23. The molecule has 0 N–H and O–H groups in total. The monoisotopic (exact) mass is 338 g/mol. The lowest BCUT2D eigenvalue weighted by atomic mass is 10.1. The van der Waals surface area contributed by atoms with E-state index in [2.05, 4.69) is 4.98 Å². The molecular weight excluding hydrogens is 316 g/mol. The van der Waals surface area contributed by atoms with E-state index in [0.29, 0.717) is 6.61 Å². The summed E-state index contributed by atoms with van der Waals surface area (Å²) in [4.78, 5) is 4.46. The third kappa shape index (κ3) is 4.00. The number of aromatic nitrogens is 2. The average molecular weight is 338 g/mol. The van der Waals surface area contributed by atoms with Crippen molar-refractivity contribution >= 4 is 0 Å². The molecule has 1 unspecified atom stereocenters. The first-order valence-corrected chi connectivity index (χ1v) is 8.07. The van der Waals surface area contributed by atoms with E-state index in [4.69, 9.17) is 14.2 Å². The van der Waals surface area contributed by atoms with Gasteiger partial charge in [-0.15, -0.1) is 0 Å². The Balaban J connectivity index is 1.84. The Labute approximate surface area is 147 Å². The highest BCUT2D eigenvalue weighted by Crippen LogP contribution is 2.28. The summed E-state index contributed by atoms with van der Waals surface area (Å²) in [5.41, 5.74) is 2.07. The van der Waals surface area contributed by atoms with Gasteiger partial charge in [-0.25, -0.2) is 4.98 Å². The molecule has 1 aromatic heterocycles. The third-order valence-electron chi connectivity index (χ3n) is 4.07. The van der Waals surface area contributed by atoms with Crippen molar-refractivity contribution in [1.29, 1.82) is 0 Å². The van der Waals surface area contributed by atoms with Gasteiger partial charge in [-0.3, -0.25) is 0 Å². The van der Waals surface area contributed by atoms with E-state index in [1.807, 2.05) is 66.3 Å². The molecule has 0 fully saturated rings. The summed E-state index contributed by atoms with van der Waals surface area (Å²) in [6.45, 7) is 0.471. The second-order valence-electron chi connectivity index (χ2n) is 5.71. The van der Waals surface area contributed by atoms with E-state index in [-0.39, 0.29) is 6.10 Å². The summed E-state index contributed by atoms with van der Waals surface area (Å²) >= 11 is 0. The first kappa shape index (κ1) is 17.0. The molecule has 0 bridgehead atoms. The summed E-state index contributed by atoms with van der Waals surface area (Å²) in [6, 6.07) is 15.7. The Morgan fingerprint density at radius 3 is 2.40 bits per heavy atom. The minimum atomic E-state index is -0.280. The van der Waals surface area contributed by atoms with Crippen molar-refractivity contribution in [3.8, 4) is 11.5 Å². The molecule has 0 aliphatic rings. The fourth-order valence-electron chi connectivity index (χ4n) is 2.66. The summed E-state index contributed by atoms with van der Waals surface area (Å²) in [5.74, 6) is 2.48. The van der Waals surface area contributed by atoms with Crippen LogP contribution in [0.2, 0.25) is 0 Å². The van der Waals surface area contributed by atoms with Gasteiger partial charge < -0.3 is 18.8 Å². The van der Waals surface area contributed by atoms with Gasteiger partial charge in [0.2, 0.25) is 0 Å². The fraction of sp³-hybridized carbons (Fsp3) is 0.250. The molecule has 0 aliphatic carbocycles. The molecule has 0 saturated carbocycles. The molecule has 2 aromatic carbocycles. The topological polar surface area (TPSA) is 45.5 Å². The van der Waals surface area contributed by atoms with E-state index >= 15 is 0 Å². The van der Waals surface area contributed by atoms with Crippen molar-refractivity contribution in [2.45, 2.75) is 12.7 Å². The lowest BCUT2D eigenvalue weighted by Gasteiger charge is -2.19. The Morgan fingerprint density at radius 2 is 1.76 bits per heavy atom. The van der Waals surface area contributed by atoms with Crippen molar-refractivity contribution in [3.05, 3.63) is 77.9 Å². The van der Waals surface area contributed by atoms with Crippen LogP contribution in [0.25, 0.3) is 0 Å². The standard InChI is InChI=1S/C20H22N2O3/c1-22-12-11-21-20(22)19(16-5-4-6-18(13-16)24-3)25-14-15-7-9-17(23-2)10-8-15/h4-13,19H,14H2,1-3H3. The molecule has 3 aromatic rings. The molecule has 1 atom stereocenters. The van der Waals surface area contributed by atoms with Crippen molar-refractivity contribution in [1.82, 2.24) is 9.55 Å². The molecule has 130 valence electrons. The molecule has 3 rings (SSSR count). The number of benzene rings is 2. The van der Waals surface area contributed by atoms with Gasteiger partial charge >= 0.3 is 0 Å². The smallest absolute Gasteiger partial charge is 0.142 e. The Bertz CT molecular complexity index is 812. The molecule has 25 heavy (non-hydrogen) atoms. The number of hydrogen-bond donors (Lipinski definition) is 0. The summed E-state index contributed by atoms with van der Waals surface area (Å²) < 4.78 is 18.7. The van der Waals surface area contributed by atoms with Gasteiger partial charge in [0.05, 0.1) is 20.8 Å². The number of nitrogens with zero attached hydrogens (tertiary/aromatic N) is 2. The zero-order chi connectivity index (χ0) is 17.6. The highest BCUT2D eigenvalue weighted by Gasteiger charge is 2.20. The van der Waals surface area contributed by atoms with Crippen molar-refractivity contribution in [2.24, 2.45) is 7.05 Å². The third-order valence-corrected chi connectivity index (χ3v) is 4.07. The SMILES string of the molecule is COc1ccc(COC(c2cccc(OC)c2)c2nccn2C)cc1. The van der Waals surface area contributed by atoms with Gasteiger partial charge in [-0.1, -0.05) is 24.3 Å². The van der Waals surface area contributed by atoms with Crippen LogP contribution in [-0.4, -0.2) is 23.8 Å². The van der Waals surface area contributed by atoms with Gasteiger partial charge in [0, 0.05) is 19.4 Å². The molecule has 0 radical (unpaired) electrons. The maximum atomic E-state index is 6.23. The number of methoxy groups -OCH3 is 2. The maximum Gasteiger partial charge on any atom is 0.142 e.